The van der Waals surface area contributed by atoms with Crippen LogP contribution >= 0.6 is 11.3 Å². The molecule has 0 bridgehead atoms. The molecule has 166 valence electrons. The number of hydrogen-bond acceptors (Lipinski definition) is 6. The van der Waals surface area contributed by atoms with Gasteiger partial charge in [0.15, 0.2) is 0 Å². The van der Waals surface area contributed by atoms with Gasteiger partial charge in [0.05, 0.1) is 12.6 Å². The third-order valence-electron chi connectivity index (χ3n) is 4.93. The van der Waals surface area contributed by atoms with Crippen molar-refractivity contribution in [1.82, 2.24) is 15.1 Å². The molecular formula is C22H22FN5O3S. The quantitative estimate of drug-likeness (QED) is 0.562. The minimum absolute atomic E-state index is 0.156. The lowest BCUT2D eigenvalue weighted by Crippen LogP contribution is -2.34. The molecule has 0 saturated carbocycles. The zero-order valence-electron chi connectivity index (χ0n) is 17.4. The molecule has 32 heavy (non-hydrogen) atoms. The van der Waals surface area contributed by atoms with Crippen LogP contribution in [0, 0.1) is 5.82 Å². The summed E-state index contributed by atoms with van der Waals surface area (Å²) in [5.74, 6) is -0.175. The third-order valence-corrected chi connectivity index (χ3v) is 5.96. The topological polar surface area (TPSA) is 96.4 Å². The van der Waals surface area contributed by atoms with E-state index in [9.17, 15) is 14.0 Å². The maximum absolute atomic E-state index is 13.3. The molecule has 3 aromatic rings. The molecule has 0 aliphatic carbocycles. The van der Waals surface area contributed by atoms with Crippen molar-refractivity contribution < 1.29 is 18.7 Å². The van der Waals surface area contributed by atoms with Crippen LogP contribution in [0.15, 0.2) is 48.5 Å². The Balaban J connectivity index is 1.41. The van der Waals surface area contributed by atoms with Crippen molar-refractivity contribution in [2.45, 2.75) is 25.8 Å². The summed E-state index contributed by atoms with van der Waals surface area (Å²) in [5, 5.41) is 14.4. The Labute approximate surface area is 188 Å². The Morgan fingerprint density at radius 1 is 1.16 bits per heavy atom. The maximum Gasteiger partial charge on any atom is 0.322 e. The summed E-state index contributed by atoms with van der Waals surface area (Å²) in [6.45, 7) is 3.07. The van der Waals surface area contributed by atoms with Crippen LogP contribution in [0.1, 0.15) is 40.6 Å². The lowest BCUT2D eigenvalue weighted by molar-refractivity contribution is 0.102. The van der Waals surface area contributed by atoms with E-state index in [1.165, 1.54) is 18.2 Å². The number of urea groups is 1. The van der Waals surface area contributed by atoms with Crippen LogP contribution in [0.5, 0.6) is 5.75 Å². The SMILES string of the molecule is CCOc1ccc(NC(=O)N2CCCC2c2nnc(C(=O)Nc3cccc(F)c3)s2)cc1. The van der Waals surface area contributed by atoms with Gasteiger partial charge in [0.25, 0.3) is 5.91 Å². The second-order valence-electron chi connectivity index (χ2n) is 7.15. The number of aromatic nitrogens is 2. The van der Waals surface area contributed by atoms with Gasteiger partial charge >= 0.3 is 6.03 Å². The summed E-state index contributed by atoms with van der Waals surface area (Å²) in [7, 11) is 0. The molecular weight excluding hydrogens is 433 g/mol. The van der Waals surface area contributed by atoms with Crippen LogP contribution in [-0.2, 0) is 0 Å². The van der Waals surface area contributed by atoms with Crippen molar-refractivity contribution in [2.75, 3.05) is 23.8 Å². The fraction of sp³-hybridized carbons (Fsp3) is 0.273. The Kier molecular flexibility index (Phi) is 6.60. The molecule has 10 heteroatoms. The molecule has 2 N–H and O–H groups in total. The maximum atomic E-state index is 13.3. The summed E-state index contributed by atoms with van der Waals surface area (Å²) < 4.78 is 18.7. The van der Waals surface area contributed by atoms with Gasteiger partial charge in [0.1, 0.15) is 16.6 Å². The third kappa shape index (κ3) is 5.02. The van der Waals surface area contributed by atoms with Crippen LogP contribution in [0.25, 0.3) is 0 Å². The summed E-state index contributed by atoms with van der Waals surface area (Å²) in [5.41, 5.74) is 1.00. The fourth-order valence-electron chi connectivity index (χ4n) is 3.47. The van der Waals surface area contributed by atoms with Crippen molar-refractivity contribution in [3.8, 4) is 5.75 Å². The standard InChI is InChI=1S/C22H22FN5O3S/c1-2-31-17-10-8-15(9-11-17)25-22(30)28-12-4-7-18(28)20-26-27-21(32-20)19(29)24-16-6-3-5-14(23)13-16/h3,5-6,8-11,13,18H,2,4,7,12H2,1H3,(H,24,29)(H,25,30). The first-order chi connectivity index (χ1) is 15.5. The van der Waals surface area contributed by atoms with Crippen molar-refractivity contribution in [3.05, 3.63) is 64.4 Å². The summed E-state index contributed by atoms with van der Waals surface area (Å²) in [6, 6.07) is 12.3. The van der Waals surface area contributed by atoms with E-state index in [-0.39, 0.29) is 17.1 Å². The van der Waals surface area contributed by atoms with Crippen molar-refractivity contribution in [2.24, 2.45) is 0 Å². The van der Waals surface area contributed by atoms with E-state index in [0.29, 0.717) is 29.5 Å². The van der Waals surface area contributed by atoms with E-state index in [1.807, 2.05) is 6.92 Å². The van der Waals surface area contributed by atoms with Gasteiger partial charge in [-0.2, -0.15) is 0 Å². The van der Waals surface area contributed by atoms with Gasteiger partial charge in [0, 0.05) is 17.9 Å². The molecule has 1 aliphatic heterocycles. The zero-order valence-corrected chi connectivity index (χ0v) is 18.2. The lowest BCUT2D eigenvalue weighted by atomic mass is 10.2. The van der Waals surface area contributed by atoms with E-state index < -0.39 is 11.7 Å². The highest BCUT2D eigenvalue weighted by Gasteiger charge is 2.33. The van der Waals surface area contributed by atoms with Gasteiger partial charge in [-0.3, -0.25) is 4.79 Å². The predicted molar refractivity (Wildman–Crippen MR) is 120 cm³/mol. The second kappa shape index (κ2) is 9.73. The van der Waals surface area contributed by atoms with Crippen molar-refractivity contribution in [3.63, 3.8) is 0 Å². The predicted octanol–water partition coefficient (Wildman–Crippen LogP) is 4.70. The van der Waals surface area contributed by atoms with Gasteiger partial charge in [0.2, 0.25) is 5.01 Å². The Morgan fingerprint density at radius 2 is 1.97 bits per heavy atom. The average Bonchev–Trinajstić information content (AvgIpc) is 3.45. The van der Waals surface area contributed by atoms with Crippen LogP contribution in [0.2, 0.25) is 0 Å². The molecule has 3 amide bonds. The highest BCUT2D eigenvalue weighted by Crippen LogP contribution is 2.34. The van der Waals surface area contributed by atoms with Gasteiger partial charge < -0.3 is 20.3 Å². The van der Waals surface area contributed by atoms with E-state index in [2.05, 4.69) is 20.8 Å². The molecule has 1 fully saturated rings. The Morgan fingerprint density at radius 3 is 2.72 bits per heavy atom. The first kappa shape index (κ1) is 21.7. The van der Waals surface area contributed by atoms with Crippen LogP contribution < -0.4 is 15.4 Å². The molecule has 2 heterocycles. The molecule has 0 radical (unpaired) electrons. The average molecular weight is 456 g/mol. The second-order valence-corrected chi connectivity index (χ2v) is 8.16. The summed E-state index contributed by atoms with van der Waals surface area (Å²) >= 11 is 1.13. The number of rotatable bonds is 6. The highest BCUT2D eigenvalue weighted by molar-refractivity contribution is 7.13. The molecule has 0 spiro atoms. The number of nitrogens with one attached hydrogen (secondary N) is 2. The molecule has 1 unspecified atom stereocenters. The molecule has 1 aliphatic rings. The van der Waals surface area contributed by atoms with Crippen molar-refractivity contribution >= 4 is 34.6 Å². The molecule has 2 aromatic carbocycles. The van der Waals surface area contributed by atoms with E-state index in [4.69, 9.17) is 4.74 Å². The molecule has 1 aromatic heterocycles. The molecule has 4 rings (SSSR count). The monoisotopic (exact) mass is 455 g/mol. The number of anilines is 2. The van der Waals surface area contributed by atoms with Crippen molar-refractivity contribution in [1.29, 1.82) is 0 Å². The first-order valence-corrected chi connectivity index (χ1v) is 11.1. The number of ether oxygens (including phenoxy) is 1. The summed E-state index contributed by atoms with van der Waals surface area (Å²) in [4.78, 5) is 27.0. The molecule has 1 saturated heterocycles. The molecule has 1 atom stereocenters. The number of amides is 3. The summed E-state index contributed by atoms with van der Waals surface area (Å²) in [6.07, 6.45) is 1.56. The van der Waals surface area contributed by atoms with E-state index >= 15 is 0 Å². The van der Waals surface area contributed by atoms with Gasteiger partial charge in [-0.1, -0.05) is 17.4 Å². The number of benzene rings is 2. The molecule has 8 nitrogen and oxygen atoms in total. The number of carbonyl (C=O) groups excluding carboxylic acids is 2. The zero-order chi connectivity index (χ0) is 22.5. The number of nitrogens with zero attached hydrogens (tertiary/aromatic N) is 3. The smallest absolute Gasteiger partial charge is 0.322 e. The van der Waals surface area contributed by atoms with Gasteiger partial charge in [-0.25, -0.2) is 9.18 Å². The van der Waals surface area contributed by atoms with E-state index in [0.717, 1.165) is 29.9 Å². The van der Waals surface area contributed by atoms with Gasteiger partial charge in [-0.05, 0) is 62.2 Å². The minimum atomic E-state index is -0.470. The minimum Gasteiger partial charge on any atom is -0.494 e. The lowest BCUT2D eigenvalue weighted by Gasteiger charge is -2.23. The Bertz CT molecular complexity index is 1100. The van der Waals surface area contributed by atoms with E-state index in [1.54, 1.807) is 35.2 Å². The normalized spacial score (nSPS) is 15.4. The number of halogens is 1. The van der Waals surface area contributed by atoms with Gasteiger partial charge in [-0.15, -0.1) is 10.2 Å². The Hall–Kier alpha value is -3.53. The van der Waals surface area contributed by atoms with Crippen LogP contribution in [-0.4, -0.2) is 40.2 Å². The first-order valence-electron chi connectivity index (χ1n) is 10.2. The highest BCUT2D eigenvalue weighted by atomic mass is 32.1. The largest absolute Gasteiger partial charge is 0.494 e. The van der Waals surface area contributed by atoms with Crippen LogP contribution in [0.4, 0.5) is 20.6 Å². The number of carbonyl (C=O) groups is 2. The van der Waals surface area contributed by atoms with Crippen LogP contribution in [0.3, 0.4) is 0 Å². The fourth-order valence-corrected chi connectivity index (χ4v) is 4.36. The number of hydrogen-bond donors (Lipinski definition) is 2. The number of likely N-dealkylation sites (tertiary alicyclic amines) is 1.